The molecular weight excluding hydrogens is 170 g/mol. The van der Waals surface area contributed by atoms with Crippen LogP contribution in [0.1, 0.15) is 31.9 Å². The van der Waals surface area contributed by atoms with Crippen molar-refractivity contribution in [1.82, 2.24) is 4.98 Å². The second-order valence-corrected chi connectivity index (χ2v) is 4.46. The summed E-state index contributed by atoms with van der Waals surface area (Å²) in [7, 11) is 0. The molecule has 66 valence electrons. The maximum absolute atomic E-state index is 5.81. The number of aromatic nitrogens is 1. The first kappa shape index (κ1) is 9.53. The monoisotopic (exact) mass is 183 g/mol. The van der Waals surface area contributed by atoms with Crippen molar-refractivity contribution in [2.24, 2.45) is 0 Å². The molecule has 0 atom stereocenters. The van der Waals surface area contributed by atoms with Crippen molar-refractivity contribution in [2.45, 2.75) is 33.1 Å². The molecule has 0 aliphatic heterocycles. The predicted molar refractivity (Wildman–Crippen MR) is 52.7 cm³/mol. The Balaban J connectivity index is 3.23. The highest BCUT2D eigenvalue weighted by molar-refractivity contribution is 6.29. The predicted octanol–water partition coefficient (Wildman–Crippen LogP) is 3.34. The molecule has 2 heteroatoms. The Morgan fingerprint density at radius 1 is 1.33 bits per heavy atom. The van der Waals surface area contributed by atoms with Gasteiger partial charge in [-0.05, 0) is 29.5 Å². The van der Waals surface area contributed by atoms with E-state index in [9.17, 15) is 0 Å². The molecule has 0 bridgehead atoms. The van der Waals surface area contributed by atoms with Gasteiger partial charge in [0.25, 0.3) is 0 Å². The molecular formula is C10H14ClN. The Morgan fingerprint density at radius 2 is 1.92 bits per heavy atom. The normalized spacial score (nSPS) is 11.8. The minimum atomic E-state index is 0.149. The zero-order chi connectivity index (χ0) is 9.35. The van der Waals surface area contributed by atoms with Crippen molar-refractivity contribution in [3.05, 3.63) is 28.5 Å². The number of pyridine rings is 1. The van der Waals surface area contributed by atoms with Crippen molar-refractivity contribution in [2.75, 3.05) is 0 Å². The van der Waals surface area contributed by atoms with E-state index in [4.69, 9.17) is 11.6 Å². The number of hydrogen-bond donors (Lipinski definition) is 0. The maximum Gasteiger partial charge on any atom is 0.129 e. The van der Waals surface area contributed by atoms with E-state index >= 15 is 0 Å². The van der Waals surface area contributed by atoms with Crippen LogP contribution in [0.5, 0.6) is 0 Å². The van der Waals surface area contributed by atoms with E-state index < -0.39 is 0 Å². The summed E-state index contributed by atoms with van der Waals surface area (Å²) in [6.07, 6.45) is 1.82. The summed E-state index contributed by atoms with van der Waals surface area (Å²) in [6, 6.07) is 1.94. The second kappa shape index (κ2) is 3.06. The topological polar surface area (TPSA) is 12.9 Å². The van der Waals surface area contributed by atoms with Crippen molar-refractivity contribution < 1.29 is 0 Å². The largest absolute Gasteiger partial charge is 0.244 e. The van der Waals surface area contributed by atoms with E-state index in [2.05, 4.69) is 32.7 Å². The number of hydrogen-bond acceptors (Lipinski definition) is 1. The molecule has 1 aromatic rings. The van der Waals surface area contributed by atoms with Crippen LogP contribution in [0.2, 0.25) is 5.15 Å². The third-order valence-electron chi connectivity index (χ3n) is 1.88. The van der Waals surface area contributed by atoms with Crippen LogP contribution in [0.15, 0.2) is 12.3 Å². The summed E-state index contributed by atoms with van der Waals surface area (Å²) >= 11 is 5.81. The standard InChI is InChI=1S/C10H14ClN/c1-7-6-12-9(11)5-8(7)10(2,3)4/h5-6H,1-4H3. The van der Waals surface area contributed by atoms with Crippen LogP contribution in [-0.4, -0.2) is 4.98 Å². The lowest BCUT2D eigenvalue weighted by Gasteiger charge is -2.21. The summed E-state index contributed by atoms with van der Waals surface area (Å²) < 4.78 is 0. The van der Waals surface area contributed by atoms with Gasteiger partial charge in [0.2, 0.25) is 0 Å². The first-order valence-electron chi connectivity index (χ1n) is 4.04. The highest BCUT2D eigenvalue weighted by atomic mass is 35.5. The van der Waals surface area contributed by atoms with E-state index in [1.165, 1.54) is 11.1 Å². The fourth-order valence-corrected chi connectivity index (χ4v) is 1.46. The SMILES string of the molecule is Cc1cnc(Cl)cc1C(C)(C)C. The summed E-state index contributed by atoms with van der Waals surface area (Å²) in [4.78, 5) is 4.02. The van der Waals surface area contributed by atoms with Crippen molar-refractivity contribution in [3.8, 4) is 0 Å². The van der Waals surface area contributed by atoms with Gasteiger partial charge in [0.15, 0.2) is 0 Å². The van der Waals surface area contributed by atoms with E-state index in [0.717, 1.165) is 0 Å². The number of aryl methyl sites for hydroxylation is 1. The van der Waals surface area contributed by atoms with Crippen molar-refractivity contribution in [1.29, 1.82) is 0 Å². The van der Waals surface area contributed by atoms with Gasteiger partial charge in [-0.3, -0.25) is 0 Å². The molecule has 0 unspecified atom stereocenters. The quantitative estimate of drug-likeness (QED) is 0.563. The van der Waals surface area contributed by atoms with Crippen LogP contribution in [0.3, 0.4) is 0 Å². The first-order chi connectivity index (χ1) is 5.41. The molecule has 0 amide bonds. The molecule has 1 nitrogen and oxygen atoms in total. The van der Waals surface area contributed by atoms with Gasteiger partial charge in [0.1, 0.15) is 5.15 Å². The molecule has 1 aromatic heterocycles. The van der Waals surface area contributed by atoms with Gasteiger partial charge >= 0.3 is 0 Å². The van der Waals surface area contributed by atoms with Crippen LogP contribution in [0.4, 0.5) is 0 Å². The van der Waals surface area contributed by atoms with Gasteiger partial charge in [-0.2, -0.15) is 0 Å². The first-order valence-corrected chi connectivity index (χ1v) is 4.41. The van der Waals surface area contributed by atoms with Crippen LogP contribution in [0, 0.1) is 6.92 Å². The molecule has 0 N–H and O–H groups in total. The lowest BCUT2D eigenvalue weighted by molar-refractivity contribution is 0.585. The van der Waals surface area contributed by atoms with Crippen LogP contribution < -0.4 is 0 Å². The van der Waals surface area contributed by atoms with Crippen LogP contribution in [0.25, 0.3) is 0 Å². The van der Waals surface area contributed by atoms with Gasteiger partial charge < -0.3 is 0 Å². The van der Waals surface area contributed by atoms with Gasteiger partial charge in [0, 0.05) is 6.20 Å². The smallest absolute Gasteiger partial charge is 0.129 e. The summed E-state index contributed by atoms with van der Waals surface area (Å²) in [6.45, 7) is 8.58. The molecule has 0 aliphatic rings. The highest BCUT2D eigenvalue weighted by Gasteiger charge is 2.16. The van der Waals surface area contributed by atoms with Gasteiger partial charge in [0.05, 0.1) is 0 Å². The van der Waals surface area contributed by atoms with E-state index in [-0.39, 0.29) is 5.41 Å². The average Bonchev–Trinajstić information content (AvgIpc) is 1.92. The van der Waals surface area contributed by atoms with E-state index in [1.807, 2.05) is 12.3 Å². The number of halogens is 1. The molecule has 12 heavy (non-hydrogen) atoms. The van der Waals surface area contributed by atoms with Crippen LogP contribution in [-0.2, 0) is 5.41 Å². The highest BCUT2D eigenvalue weighted by Crippen LogP contribution is 2.26. The van der Waals surface area contributed by atoms with E-state index in [1.54, 1.807) is 0 Å². The Bertz CT molecular complexity index is 286. The fraction of sp³-hybridized carbons (Fsp3) is 0.500. The van der Waals surface area contributed by atoms with Gasteiger partial charge in [-0.15, -0.1) is 0 Å². The minimum absolute atomic E-state index is 0.149. The third-order valence-corrected chi connectivity index (χ3v) is 2.08. The Kier molecular flexibility index (Phi) is 2.43. The zero-order valence-electron chi connectivity index (χ0n) is 7.98. The Morgan fingerprint density at radius 3 is 2.33 bits per heavy atom. The fourth-order valence-electron chi connectivity index (χ4n) is 1.31. The minimum Gasteiger partial charge on any atom is -0.244 e. The molecule has 1 heterocycles. The summed E-state index contributed by atoms with van der Waals surface area (Å²) in [5.74, 6) is 0. The maximum atomic E-state index is 5.81. The lowest BCUT2D eigenvalue weighted by atomic mass is 9.85. The lowest BCUT2D eigenvalue weighted by Crippen LogP contribution is -2.13. The van der Waals surface area contributed by atoms with Gasteiger partial charge in [-0.1, -0.05) is 32.4 Å². The molecule has 0 saturated heterocycles. The van der Waals surface area contributed by atoms with Crippen LogP contribution >= 0.6 is 11.6 Å². The molecule has 0 aliphatic carbocycles. The summed E-state index contributed by atoms with van der Waals surface area (Å²) in [5.41, 5.74) is 2.62. The molecule has 1 rings (SSSR count). The van der Waals surface area contributed by atoms with E-state index in [0.29, 0.717) is 5.15 Å². The van der Waals surface area contributed by atoms with Crippen molar-refractivity contribution in [3.63, 3.8) is 0 Å². The Hall–Kier alpha value is -0.560. The van der Waals surface area contributed by atoms with Crippen molar-refractivity contribution >= 4 is 11.6 Å². The molecule has 0 aromatic carbocycles. The number of rotatable bonds is 0. The average molecular weight is 184 g/mol. The Labute approximate surface area is 78.8 Å². The number of nitrogens with zero attached hydrogens (tertiary/aromatic N) is 1. The molecule has 0 saturated carbocycles. The molecule has 0 fully saturated rings. The molecule has 0 radical (unpaired) electrons. The third kappa shape index (κ3) is 1.98. The van der Waals surface area contributed by atoms with Gasteiger partial charge in [-0.25, -0.2) is 4.98 Å². The summed E-state index contributed by atoms with van der Waals surface area (Å²) in [5, 5.41) is 0.575. The zero-order valence-corrected chi connectivity index (χ0v) is 8.74. The second-order valence-electron chi connectivity index (χ2n) is 4.07. The molecule has 0 spiro atoms.